The predicted octanol–water partition coefficient (Wildman–Crippen LogP) is 10.3. The molecule has 3 atom stereocenters. The fourth-order valence-corrected chi connectivity index (χ4v) is 9.01. The molecule has 0 N–H and O–H groups in total. The highest BCUT2D eigenvalue weighted by Gasteiger charge is 2.52. The zero-order chi connectivity index (χ0) is 32.3. The molecular weight excluding hydrogens is 562 g/mol. The van der Waals surface area contributed by atoms with Crippen LogP contribution in [0.2, 0.25) is 0 Å². The van der Waals surface area contributed by atoms with Crippen LogP contribution >= 0.6 is 0 Å². The van der Waals surface area contributed by atoms with Crippen LogP contribution in [0.3, 0.4) is 0 Å². The van der Waals surface area contributed by atoms with Gasteiger partial charge in [0.2, 0.25) is 5.79 Å². The Labute approximate surface area is 275 Å². The number of hydrogen-bond acceptors (Lipinski definition) is 3. The Morgan fingerprint density at radius 2 is 1.48 bits per heavy atom. The molecule has 0 saturated carbocycles. The molecule has 3 heteroatoms. The molecule has 1 saturated heterocycles. The van der Waals surface area contributed by atoms with E-state index in [1.807, 2.05) is 0 Å². The summed E-state index contributed by atoms with van der Waals surface area (Å²) in [5.41, 5.74) is 17.0. The first-order valence-electron chi connectivity index (χ1n) is 17.1. The minimum atomic E-state index is -0.824. The molecular formula is C43H47NO2. The molecule has 3 aliphatic heterocycles. The predicted molar refractivity (Wildman–Crippen MR) is 190 cm³/mol. The third-order valence-electron chi connectivity index (χ3n) is 11.1. The monoisotopic (exact) mass is 609 g/mol. The van der Waals surface area contributed by atoms with Crippen LogP contribution in [0, 0.1) is 13.8 Å². The minimum absolute atomic E-state index is 0.0636. The highest BCUT2D eigenvalue weighted by atomic mass is 16.7. The van der Waals surface area contributed by atoms with Crippen molar-refractivity contribution < 1.29 is 9.47 Å². The molecule has 0 amide bonds. The first-order chi connectivity index (χ1) is 21.8. The second-order valence-corrected chi connectivity index (χ2v) is 16.0. The molecule has 3 heterocycles. The van der Waals surface area contributed by atoms with E-state index in [9.17, 15) is 0 Å². The van der Waals surface area contributed by atoms with Gasteiger partial charge >= 0.3 is 0 Å². The molecule has 0 aromatic heterocycles. The second kappa shape index (κ2) is 9.92. The van der Waals surface area contributed by atoms with E-state index in [1.165, 1.54) is 72.5 Å². The molecule has 4 aromatic rings. The van der Waals surface area contributed by atoms with Gasteiger partial charge in [0.15, 0.2) is 0 Å². The third kappa shape index (κ3) is 4.31. The van der Waals surface area contributed by atoms with Gasteiger partial charge in [-0.05, 0) is 108 Å². The van der Waals surface area contributed by atoms with Gasteiger partial charge in [0, 0.05) is 22.2 Å². The lowest BCUT2D eigenvalue weighted by Gasteiger charge is -2.53. The number of benzene rings is 4. The van der Waals surface area contributed by atoms with Gasteiger partial charge in [-0.3, -0.25) is 0 Å². The van der Waals surface area contributed by atoms with E-state index in [1.54, 1.807) is 0 Å². The lowest BCUT2D eigenvalue weighted by Crippen LogP contribution is -2.56. The first kappa shape index (κ1) is 29.7. The zero-order valence-corrected chi connectivity index (χ0v) is 28.9. The smallest absolute Gasteiger partial charge is 0.214 e. The van der Waals surface area contributed by atoms with Crippen LogP contribution in [0.1, 0.15) is 111 Å². The maximum Gasteiger partial charge on any atom is 0.214 e. The molecule has 8 rings (SSSR count). The van der Waals surface area contributed by atoms with Crippen molar-refractivity contribution in [1.29, 1.82) is 0 Å². The summed E-state index contributed by atoms with van der Waals surface area (Å²) in [6.45, 7) is 21.1. The normalized spacial score (nSPS) is 25.7. The number of fused-ring (bicyclic) bond motifs is 9. The second-order valence-electron chi connectivity index (χ2n) is 16.0. The highest BCUT2D eigenvalue weighted by molar-refractivity contribution is 5.95. The van der Waals surface area contributed by atoms with Crippen LogP contribution in [0.5, 0.6) is 0 Å². The van der Waals surface area contributed by atoms with Crippen LogP contribution in [-0.2, 0) is 26.1 Å². The Balaban J connectivity index is 1.40. The van der Waals surface area contributed by atoms with E-state index in [2.05, 4.69) is 146 Å². The maximum atomic E-state index is 6.95. The molecule has 1 fully saturated rings. The summed E-state index contributed by atoms with van der Waals surface area (Å²) in [5, 5.41) is 0. The van der Waals surface area contributed by atoms with Gasteiger partial charge in [-0.2, -0.15) is 0 Å². The fraction of sp³-hybridized carbons (Fsp3) is 0.395. The van der Waals surface area contributed by atoms with Crippen molar-refractivity contribution in [1.82, 2.24) is 0 Å². The van der Waals surface area contributed by atoms with Crippen molar-refractivity contribution in [3.05, 3.63) is 129 Å². The molecule has 1 aliphatic carbocycles. The van der Waals surface area contributed by atoms with Gasteiger partial charge < -0.3 is 14.4 Å². The number of hydrogen-bond donors (Lipinski definition) is 0. The van der Waals surface area contributed by atoms with Gasteiger partial charge in [-0.1, -0.05) is 101 Å². The van der Waals surface area contributed by atoms with Crippen molar-refractivity contribution in [3.8, 4) is 11.1 Å². The summed E-state index contributed by atoms with van der Waals surface area (Å²) in [5.74, 6) is -0.824. The average Bonchev–Trinajstić information content (AvgIpc) is 3.20. The lowest BCUT2D eigenvalue weighted by molar-refractivity contribution is -0.318. The number of aryl methyl sites for hydroxylation is 2. The average molecular weight is 610 g/mol. The van der Waals surface area contributed by atoms with E-state index in [0.29, 0.717) is 6.54 Å². The number of ether oxygens (including phenoxy) is 2. The molecule has 4 aliphatic rings. The Hall–Kier alpha value is -3.66. The summed E-state index contributed by atoms with van der Waals surface area (Å²) in [6.07, 6.45) is 3.64. The first-order valence-corrected chi connectivity index (χ1v) is 17.1. The molecule has 3 unspecified atom stereocenters. The molecule has 0 bridgehead atoms. The van der Waals surface area contributed by atoms with E-state index < -0.39 is 5.79 Å². The molecule has 3 nitrogen and oxygen atoms in total. The van der Waals surface area contributed by atoms with Crippen molar-refractivity contribution in [3.63, 3.8) is 0 Å². The standard InChI is InChI=1S/C43H47NO2/c1-25-18-26(2)40-35(19-25)38-22-32(29-14-16-30(17-15-29)41(5,6)7)34-21-33-31-12-10-11-13-36(31)42(8,9)37(33)23-39(34)44(38)24-43(40)45-27(3)20-28(4)46-43/h10-19,21-23,27-28,38H,20,24H2,1-9H3. The Morgan fingerprint density at radius 3 is 2.17 bits per heavy atom. The van der Waals surface area contributed by atoms with Gasteiger partial charge in [-0.15, -0.1) is 0 Å². The molecule has 0 radical (unpaired) electrons. The Bertz CT molecular complexity index is 1910. The number of nitrogens with zero attached hydrogens (tertiary/aromatic N) is 1. The van der Waals surface area contributed by atoms with Crippen LogP contribution in [-0.4, -0.2) is 18.8 Å². The summed E-state index contributed by atoms with van der Waals surface area (Å²) in [4.78, 5) is 2.59. The molecule has 46 heavy (non-hydrogen) atoms. The zero-order valence-electron chi connectivity index (χ0n) is 28.9. The highest BCUT2D eigenvalue weighted by Crippen LogP contribution is 2.57. The van der Waals surface area contributed by atoms with Crippen molar-refractivity contribution >= 4 is 11.3 Å². The summed E-state index contributed by atoms with van der Waals surface area (Å²) < 4.78 is 13.9. The van der Waals surface area contributed by atoms with Gasteiger partial charge in [0.25, 0.3) is 0 Å². The van der Waals surface area contributed by atoms with Gasteiger partial charge in [0.05, 0.1) is 24.8 Å². The number of anilines is 1. The van der Waals surface area contributed by atoms with Crippen molar-refractivity contribution in [2.45, 2.75) is 104 Å². The maximum absolute atomic E-state index is 6.95. The number of rotatable bonds is 1. The van der Waals surface area contributed by atoms with Crippen molar-refractivity contribution in [2.24, 2.45) is 0 Å². The summed E-state index contributed by atoms with van der Waals surface area (Å²) in [6, 6.07) is 28.0. The SMILES string of the molecule is Cc1cc(C)c2c(c1)C1C=C(c3ccc(C(C)(C)C)cc3)c3cc4c(cc3N1CC21OC(C)CC(C)O1)C(C)(C)c1ccccc1-4. The van der Waals surface area contributed by atoms with E-state index in [4.69, 9.17) is 9.47 Å². The van der Waals surface area contributed by atoms with Gasteiger partial charge in [-0.25, -0.2) is 0 Å². The van der Waals surface area contributed by atoms with Crippen LogP contribution < -0.4 is 4.90 Å². The molecule has 4 aromatic carbocycles. The quantitative estimate of drug-likeness (QED) is 0.214. The van der Waals surface area contributed by atoms with Gasteiger partial charge in [0.1, 0.15) is 0 Å². The topological polar surface area (TPSA) is 21.7 Å². The van der Waals surface area contributed by atoms with E-state index in [-0.39, 0.29) is 29.1 Å². The Morgan fingerprint density at radius 1 is 0.783 bits per heavy atom. The largest absolute Gasteiger partial charge is 0.355 e. The molecule has 1 spiro atoms. The van der Waals surface area contributed by atoms with E-state index in [0.717, 1.165) is 6.42 Å². The summed E-state index contributed by atoms with van der Waals surface area (Å²) in [7, 11) is 0. The van der Waals surface area contributed by atoms with Crippen molar-refractivity contribution in [2.75, 3.05) is 11.4 Å². The van der Waals surface area contributed by atoms with Crippen LogP contribution in [0.4, 0.5) is 5.69 Å². The summed E-state index contributed by atoms with van der Waals surface area (Å²) >= 11 is 0. The molecule has 236 valence electrons. The van der Waals surface area contributed by atoms with Crippen LogP contribution in [0.25, 0.3) is 16.7 Å². The van der Waals surface area contributed by atoms with Crippen LogP contribution in [0.15, 0.2) is 78.9 Å². The third-order valence-corrected chi connectivity index (χ3v) is 11.1. The lowest BCUT2D eigenvalue weighted by atomic mass is 9.77. The fourth-order valence-electron chi connectivity index (χ4n) is 9.01. The van der Waals surface area contributed by atoms with E-state index >= 15 is 0 Å². The Kier molecular flexibility index (Phi) is 6.41. The minimum Gasteiger partial charge on any atom is -0.355 e.